The smallest absolute Gasteiger partial charge is 0.340 e. The van der Waals surface area contributed by atoms with E-state index in [0.717, 1.165) is 16.5 Å². The first-order valence-corrected chi connectivity index (χ1v) is 9.56. The van der Waals surface area contributed by atoms with Crippen LogP contribution >= 0.6 is 0 Å². The SMILES string of the molecule is O=C(COC(=O)c1ccccc1Nc1ccccc1)Nc1ccc2ccccc2c1. The Bertz CT molecular complexity index is 1190. The maximum absolute atomic E-state index is 12.5. The van der Waals surface area contributed by atoms with Crippen LogP contribution in [0.15, 0.2) is 97.1 Å². The molecule has 0 saturated heterocycles. The molecule has 2 N–H and O–H groups in total. The second-order valence-electron chi connectivity index (χ2n) is 6.72. The zero-order valence-electron chi connectivity index (χ0n) is 16.2. The van der Waals surface area contributed by atoms with E-state index in [1.54, 1.807) is 18.2 Å². The topological polar surface area (TPSA) is 67.4 Å². The Morgan fingerprint density at radius 2 is 1.40 bits per heavy atom. The number of carbonyl (C=O) groups excluding carboxylic acids is 2. The Hall–Kier alpha value is -4.12. The number of anilines is 3. The molecule has 30 heavy (non-hydrogen) atoms. The lowest BCUT2D eigenvalue weighted by Crippen LogP contribution is -2.21. The molecule has 5 nitrogen and oxygen atoms in total. The molecule has 0 unspecified atom stereocenters. The number of nitrogens with one attached hydrogen (secondary N) is 2. The number of amides is 1. The monoisotopic (exact) mass is 396 g/mol. The molecule has 0 heterocycles. The highest BCUT2D eigenvalue weighted by Gasteiger charge is 2.14. The summed E-state index contributed by atoms with van der Waals surface area (Å²) < 4.78 is 5.24. The van der Waals surface area contributed by atoms with Crippen molar-refractivity contribution in [3.05, 3.63) is 103 Å². The standard InChI is InChI=1S/C25H20N2O3/c28-24(27-21-15-14-18-8-4-5-9-19(18)16-21)17-30-25(29)22-12-6-7-13-23(22)26-20-10-2-1-3-11-20/h1-16,26H,17H2,(H,27,28). The highest BCUT2D eigenvalue weighted by molar-refractivity contribution is 5.99. The van der Waals surface area contributed by atoms with Gasteiger partial charge >= 0.3 is 5.97 Å². The van der Waals surface area contributed by atoms with E-state index in [0.29, 0.717) is 16.9 Å². The lowest BCUT2D eigenvalue weighted by Gasteiger charge is -2.12. The molecule has 0 aromatic heterocycles. The van der Waals surface area contributed by atoms with Gasteiger partial charge in [-0.25, -0.2) is 4.79 Å². The first-order valence-electron chi connectivity index (χ1n) is 9.56. The van der Waals surface area contributed by atoms with Crippen LogP contribution in [0.5, 0.6) is 0 Å². The molecule has 0 saturated carbocycles. The maximum atomic E-state index is 12.5. The number of para-hydroxylation sites is 2. The Balaban J connectivity index is 1.39. The fraction of sp³-hybridized carbons (Fsp3) is 0.0400. The minimum Gasteiger partial charge on any atom is -0.452 e. The van der Waals surface area contributed by atoms with Gasteiger partial charge in [-0.3, -0.25) is 4.79 Å². The van der Waals surface area contributed by atoms with Gasteiger partial charge in [0.05, 0.1) is 11.3 Å². The van der Waals surface area contributed by atoms with Crippen LogP contribution in [0.1, 0.15) is 10.4 Å². The third kappa shape index (κ3) is 4.64. The quantitative estimate of drug-likeness (QED) is 0.430. The predicted molar refractivity (Wildman–Crippen MR) is 119 cm³/mol. The summed E-state index contributed by atoms with van der Waals surface area (Å²) >= 11 is 0. The average Bonchev–Trinajstić information content (AvgIpc) is 2.78. The van der Waals surface area contributed by atoms with Crippen molar-refractivity contribution in [3.63, 3.8) is 0 Å². The van der Waals surface area contributed by atoms with E-state index < -0.39 is 11.9 Å². The van der Waals surface area contributed by atoms with Gasteiger partial charge in [0.1, 0.15) is 0 Å². The van der Waals surface area contributed by atoms with Crippen LogP contribution in [0, 0.1) is 0 Å². The number of esters is 1. The van der Waals surface area contributed by atoms with E-state index in [9.17, 15) is 9.59 Å². The van der Waals surface area contributed by atoms with E-state index in [2.05, 4.69) is 10.6 Å². The third-order valence-corrected chi connectivity index (χ3v) is 4.57. The molecule has 1 amide bonds. The van der Waals surface area contributed by atoms with Crippen LogP contribution in [0.2, 0.25) is 0 Å². The molecule has 148 valence electrons. The highest BCUT2D eigenvalue weighted by atomic mass is 16.5. The van der Waals surface area contributed by atoms with Gasteiger partial charge in [0.2, 0.25) is 0 Å². The van der Waals surface area contributed by atoms with E-state index in [1.165, 1.54) is 0 Å². The fourth-order valence-electron chi connectivity index (χ4n) is 3.12. The van der Waals surface area contributed by atoms with Crippen molar-refractivity contribution in [2.45, 2.75) is 0 Å². The minimum atomic E-state index is -0.567. The summed E-state index contributed by atoms with van der Waals surface area (Å²) in [4.78, 5) is 24.8. The predicted octanol–water partition coefficient (Wildman–Crippen LogP) is 5.38. The molecule has 0 radical (unpaired) electrons. The zero-order chi connectivity index (χ0) is 20.8. The Morgan fingerprint density at radius 1 is 0.700 bits per heavy atom. The van der Waals surface area contributed by atoms with E-state index in [-0.39, 0.29) is 6.61 Å². The molecule has 4 aromatic rings. The summed E-state index contributed by atoms with van der Waals surface area (Å²) in [6, 6.07) is 30.1. The Kier molecular flexibility index (Phi) is 5.71. The molecular weight excluding hydrogens is 376 g/mol. The van der Waals surface area contributed by atoms with Crippen LogP contribution in [0.3, 0.4) is 0 Å². The van der Waals surface area contributed by atoms with Gasteiger partial charge in [0.25, 0.3) is 5.91 Å². The fourth-order valence-corrected chi connectivity index (χ4v) is 3.12. The molecule has 0 aliphatic rings. The van der Waals surface area contributed by atoms with Crippen LogP contribution in [-0.4, -0.2) is 18.5 Å². The number of fused-ring (bicyclic) bond motifs is 1. The van der Waals surface area contributed by atoms with Crippen LogP contribution in [0.25, 0.3) is 10.8 Å². The molecule has 0 atom stereocenters. The number of benzene rings is 4. The van der Waals surface area contributed by atoms with Crippen molar-refractivity contribution in [1.82, 2.24) is 0 Å². The number of rotatable bonds is 6. The number of ether oxygens (including phenoxy) is 1. The molecule has 0 spiro atoms. The summed E-state index contributed by atoms with van der Waals surface area (Å²) in [7, 11) is 0. The van der Waals surface area contributed by atoms with Gasteiger partial charge in [-0.05, 0) is 47.2 Å². The largest absolute Gasteiger partial charge is 0.452 e. The maximum Gasteiger partial charge on any atom is 0.340 e. The van der Waals surface area contributed by atoms with Crippen molar-refractivity contribution in [1.29, 1.82) is 0 Å². The number of hydrogen-bond acceptors (Lipinski definition) is 4. The summed E-state index contributed by atoms with van der Waals surface area (Å²) in [6.45, 7) is -0.370. The van der Waals surface area contributed by atoms with E-state index in [1.807, 2.05) is 78.9 Å². The second kappa shape index (κ2) is 8.92. The van der Waals surface area contributed by atoms with E-state index >= 15 is 0 Å². The minimum absolute atomic E-state index is 0.361. The Labute approximate surface area is 174 Å². The van der Waals surface area contributed by atoms with Gasteiger partial charge in [0, 0.05) is 11.4 Å². The Morgan fingerprint density at radius 3 is 2.23 bits per heavy atom. The van der Waals surface area contributed by atoms with Crippen molar-refractivity contribution in [2.75, 3.05) is 17.2 Å². The summed E-state index contributed by atoms with van der Waals surface area (Å²) in [6.07, 6.45) is 0. The van der Waals surface area contributed by atoms with Crippen molar-refractivity contribution in [3.8, 4) is 0 Å². The highest BCUT2D eigenvalue weighted by Crippen LogP contribution is 2.22. The number of carbonyl (C=O) groups is 2. The average molecular weight is 396 g/mol. The van der Waals surface area contributed by atoms with Crippen molar-refractivity contribution in [2.24, 2.45) is 0 Å². The molecule has 4 aromatic carbocycles. The van der Waals surface area contributed by atoms with Gasteiger partial charge < -0.3 is 15.4 Å². The zero-order valence-corrected chi connectivity index (χ0v) is 16.2. The van der Waals surface area contributed by atoms with Crippen LogP contribution < -0.4 is 10.6 Å². The summed E-state index contributed by atoms with van der Waals surface area (Å²) in [5, 5.41) is 8.07. The molecule has 4 rings (SSSR count). The van der Waals surface area contributed by atoms with Crippen molar-refractivity contribution < 1.29 is 14.3 Å². The first kappa shape index (κ1) is 19.2. The molecular formula is C25H20N2O3. The summed E-state index contributed by atoms with van der Waals surface area (Å²) in [5.74, 6) is -0.963. The lowest BCUT2D eigenvalue weighted by atomic mass is 10.1. The summed E-state index contributed by atoms with van der Waals surface area (Å²) in [5.41, 5.74) is 2.48. The van der Waals surface area contributed by atoms with E-state index in [4.69, 9.17) is 4.74 Å². The normalized spacial score (nSPS) is 10.4. The lowest BCUT2D eigenvalue weighted by molar-refractivity contribution is -0.119. The van der Waals surface area contributed by atoms with Gasteiger partial charge in [-0.2, -0.15) is 0 Å². The molecule has 0 bridgehead atoms. The second-order valence-corrected chi connectivity index (χ2v) is 6.72. The van der Waals surface area contributed by atoms with Gasteiger partial charge in [-0.15, -0.1) is 0 Å². The van der Waals surface area contributed by atoms with Crippen LogP contribution in [0.4, 0.5) is 17.1 Å². The van der Waals surface area contributed by atoms with Gasteiger partial charge in [0.15, 0.2) is 6.61 Å². The van der Waals surface area contributed by atoms with Crippen LogP contribution in [-0.2, 0) is 9.53 Å². The molecule has 0 aliphatic heterocycles. The number of hydrogen-bond donors (Lipinski definition) is 2. The molecule has 0 fully saturated rings. The third-order valence-electron chi connectivity index (χ3n) is 4.57. The van der Waals surface area contributed by atoms with Crippen molar-refractivity contribution >= 4 is 39.7 Å². The van der Waals surface area contributed by atoms with Gasteiger partial charge in [-0.1, -0.05) is 60.7 Å². The first-order chi connectivity index (χ1) is 14.7. The molecule has 0 aliphatic carbocycles. The molecule has 5 heteroatoms.